The van der Waals surface area contributed by atoms with Gasteiger partial charge in [0, 0.05) is 142 Å². The molecule has 8 heteroatoms. The van der Waals surface area contributed by atoms with Crippen molar-refractivity contribution in [2.45, 2.75) is 38.5 Å². The first-order valence-electron chi connectivity index (χ1n) is 51.6. The third-order valence-corrected chi connectivity index (χ3v) is 32.3. The number of hydrogen-bond donors (Lipinski definition) is 0. The van der Waals surface area contributed by atoms with E-state index in [1.807, 2.05) is 0 Å². The van der Waals surface area contributed by atoms with E-state index in [4.69, 9.17) is 15.0 Å². The summed E-state index contributed by atoms with van der Waals surface area (Å²) in [5, 5.41) is 23.2. The Kier molecular flexibility index (Phi) is 19.0. The van der Waals surface area contributed by atoms with Gasteiger partial charge < -0.3 is 22.8 Å². The molecule has 0 unspecified atom stereocenters. The van der Waals surface area contributed by atoms with Crippen molar-refractivity contribution < 1.29 is 0 Å². The fraction of sp³-hybridized carbons (Fsp3) is 0.0426. The van der Waals surface area contributed by atoms with E-state index < -0.39 is 0 Å². The van der Waals surface area contributed by atoms with Gasteiger partial charge in [0.2, 0.25) is 0 Å². The minimum atomic E-state index is -0.120. The first kappa shape index (κ1) is 85.4. The number of aromatic nitrogens is 8. The van der Waals surface area contributed by atoms with Crippen LogP contribution in [-0.2, 0) is 10.8 Å². The van der Waals surface area contributed by atoms with Crippen LogP contribution in [0.25, 0.3) is 270 Å². The van der Waals surface area contributed by atoms with E-state index in [1.54, 1.807) is 0 Å². The third-order valence-electron chi connectivity index (χ3n) is 32.3. The molecule has 8 heterocycles. The Morgan fingerprint density at radius 1 is 0.141 bits per heavy atom. The summed E-state index contributed by atoms with van der Waals surface area (Å²) in [5.74, 6) is 0. The molecule has 0 bridgehead atoms. The van der Waals surface area contributed by atoms with Crippen molar-refractivity contribution in [3.05, 3.63) is 520 Å². The number of benzene rings is 22. The molecule has 30 aromatic rings. The lowest BCUT2D eigenvalue weighted by atomic mass is 9.82. The zero-order valence-electron chi connectivity index (χ0n) is 82.4. The molecule has 698 valence electrons. The highest BCUT2D eigenvalue weighted by Gasteiger charge is 2.39. The monoisotopic (exact) mass is 1900 g/mol. The van der Waals surface area contributed by atoms with E-state index in [0.717, 1.165) is 83.8 Å². The standard InChI is InChI=1S/C52H35N3.C49H31N3.C40H28N2/c1-52(2)44-22-10-5-16-36(44)42-30-43-40-20-9-14-26-49(40)55(50(43)31-45(42)52)34-28-32(51-41-21-4-3-15-35(41)37-17-6-11-23-46(37)53-51)27-33(29-34)54-47-24-12-7-18-38(47)39-19-8-13-25-48(39)54;1-2-14-35(15-3-1)51-45-23-10-7-19-39(45)42-30-32(25-27-47(42)51)33-26-28-48-43(31-33)40-20-8-11-24-46(40)52(48)36-16-12-13-34(29-36)49-41-21-5-4-17-37(41)38-18-6-9-22-44(38)50-49;1-40(2)34-19-8-5-15-28(34)32-23-33-30-17-7-10-21-37(30)42(38(33)24-35(32)40)26-13-11-12-25(22-26)39-31-18-4-3-14-27(31)29-16-6-9-20-36(29)41-39/h3-31H,1-2H3;1-31H;3-24H,1-2H3. The average molecular weight is 1900 g/mol. The Morgan fingerprint density at radius 3 is 0.785 bits per heavy atom. The van der Waals surface area contributed by atoms with E-state index in [-0.39, 0.29) is 10.8 Å². The van der Waals surface area contributed by atoms with Crippen LogP contribution in [0.5, 0.6) is 0 Å². The number of hydrogen-bond acceptors (Lipinski definition) is 3. The van der Waals surface area contributed by atoms with E-state index in [2.05, 4.69) is 548 Å². The van der Waals surface area contributed by atoms with Crippen molar-refractivity contribution in [2.24, 2.45) is 0 Å². The largest absolute Gasteiger partial charge is 0.309 e. The van der Waals surface area contributed by atoms with E-state index in [0.29, 0.717) is 0 Å². The predicted molar refractivity (Wildman–Crippen MR) is 626 cm³/mol. The van der Waals surface area contributed by atoms with Crippen molar-refractivity contribution in [1.82, 2.24) is 37.8 Å². The molecular weight excluding hydrogens is 1810 g/mol. The molecule has 0 radical (unpaired) electrons. The Balaban J connectivity index is 0.000000104. The molecule has 149 heavy (non-hydrogen) atoms. The summed E-state index contributed by atoms with van der Waals surface area (Å²) in [6.45, 7) is 9.45. The van der Waals surface area contributed by atoms with Gasteiger partial charge in [-0.25, -0.2) is 15.0 Å². The molecule has 0 fully saturated rings. The van der Waals surface area contributed by atoms with Crippen LogP contribution in [0.1, 0.15) is 49.9 Å². The van der Waals surface area contributed by atoms with E-state index >= 15 is 0 Å². The summed E-state index contributed by atoms with van der Waals surface area (Å²) >= 11 is 0. The SMILES string of the molecule is CC1(C)c2ccccc2-c2cc3c4ccccc4n(-c4cc(-c5nc6ccccc6c6ccccc56)cc(-n5c6ccccc6c6ccccc65)c4)c3cc21.CC1(C)c2ccccc2-c2cc3c4ccccc4n(-c4cccc(-c5nc6ccccc6c6ccccc56)c4)c3cc21.c1ccc(-n2c3ccccc3c3cc(-c4ccc5c(c4)c4ccccc4n5-c4cccc(-c5nc6ccccc6c6ccccc56)c4)ccc32)cc1. The van der Waals surface area contributed by atoms with Gasteiger partial charge in [-0.3, -0.25) is 0 Å². The molecule has 0 N–H and O–H groups in total. The summed E-state index contributed by atoms with van der Waals surface area (Å²) in [5.41, 5.74) is 40.1. The lowest BCUT2D eigenvalue weighted by Gasteiger charge is -2.22. The van der Waals surface area contributed by atoms with E-state index in [1.165, 1.54) is 208 Å². The second-order valence-electron chi connectivity index (χ2n) is 41.2. The molecule has 0 spiro atoms. The first-order chi connectivity index (χ1) is 73.4. The van der Waals surface area contributed by atoms with Gasteiger partial charge in [-0.05, 0) is 230 Å². The summed E-state index contributed by atoms with van der Waals surface area (Å²) in [6, 6.07) is 181. The molecule has 0 saturated heterocycles. The Labute approximate surface area is 859 Å². The lowest BCUT2D eigenvalue weighted by Crippen LogP contribution is -2.15. The summed E-state index contributed by atoms with van der Waals surface area (Å²) in [6.07, 6.45) is 0. The van der Waals surface area contributed by atoms with Crippen molar-refractivity contribution in [2.75, 3.05) is 0 Å². The maximum Gasteiger partial charge on any atom is 0.0789 e. The van der Waals surface area contributed by atoms with Crippen molar-refractivity contribution in [3.8, 4) is 95.6 Å². The van der Waals surface area contributed by atoms with Crippen LogP contribution in [0.3, 0.4) is 0 Å². The van der Waals surface area contributed by atoms with Gasteiger partial charge in [0.25, 0.3) is 0 Å². The Bertz CT molecular complexity index is 10900. The molecule has 32 rings (SSSR count). The normalized spacial score (nSPS) is 12.9. The minimum absolute atomic E-state index is 0.0584. The second-order valence-corrected chi connectivity index (χ2v) is 41.2. The predicted octanol–water partition coefficient (Wildman–Crippen LogP) is 36.9. The van der Waals surface area contributed by atoms with Crippen LogP contribution in [0.4, 0.5) is 0 Å². The molecule has 8 aromatic heterocycles. The summed E-state index contributed by atoms with van der Waals surface area (Å²) in [7, 11) is 0. The number of nitrogens with zero attached hydrogens (tertiary/aromatic N) is 8. The highest BCUT2D eigenvalue weighted by Crippen LogP contribution is 2.55. The van der Waals surface area contributed by atoms with Gasteiger partial charge >= 0.3 is 0 Å². The molecule has 0 atom stereocenters. The van der Waals surface area contributed by atoms with Crippen LogP contribution in [0, 0.1) is 0 Å². The smallest absolute Gasteiger partial charge is 0.0789 e. The van der Waals surface area contributed by atoms with Gasteiger partial charge in [-0.2, -0.15) is 0 Å². The zero-order chi connectivity index (χ0) is 98.6. The fourth-order valence-corrected chi connectivity index (χ4v) is 25.5. The van der Waals surface area contributed by atoms with Crippen LogP contribution in [0.2, 0.25) is 0 Å². The van der Waals surface area contributed by atoms with Gasteiger partial charge in [0.15, 0.2) is 0 Å². The zero-order valence-corrected chi connectivity index (χ0v) is 82.4. The minimum Gasteiger partial charge on any atom is -0.309 e. The van der Waals surface area contributed by atoms with Crippen LogP contribution in [-0.4, -0.2) is 37.8 Å². The fourth-order valence-electron chi connectivity index (χ4n) is 25.5. The number of rotatable bonds is 9. The van der Waals surface area contributed by atoms with E-state index in [9.17, 15) is 0 Å². The van der Waals surface area contributed by atoms with Gasteiger partial charge in [-0.1, -0.05) is 367 Å². The molecule has 22 aromatic carbocycles. The quantitative estimate of drug-likeness (QED) is 0.135. The molecule has 2 aliphatic rings. The molecule has 2 aliphatic carbocycles. The van der Waals surface area contributed by atoms with Gasteiger partial charge in [0.1, 0.15) is 0 Å². The van der Waals surface area contributed by atoms with Gasteiger partial charge in [-0.15, -0.1) is 0 Å². The Hall–Kier alpha value is -19.2. The van der Waals surface area contributed by atoms with Crippen LogP contribution < -0.4 is 0 Å². The molecule has 0 aliphatic heterocycles. The van der Waals surface area contributed by atoms with Crippen molar-refractivity contribution in [1.29, 1.82) is 0 Å². The molecule has 8 nitrogen and oxygen atoms in total. The first-order valence-corrected chi connectivity index (χ1v) is 51.6. The lowest BCUT2D eigenvalue weighted by molar-refractivity contribution is 0.661. The maximum atomic E-state index is 5.44. The highest BCUT2D eigenvalue weighted by molar-refractivity contribution is 6.20. The number of para-hydroxylation sites is 10. The van der Waals surface area contributed by atoms with Gasteiger partial charge in [0.05, 0.1) is 88.8 Å². The molecule has 0 saturated carbocycles. The van der Waals surface area contributed by atoms with Crippen molar-refractivity contribution in [3.63, 3.8) is 0 Å². The van der Waals surface area contributed by atoms with Crippen LogP contribution >= 0.6 is 0 Å². The number of fused-ring (bicyclic) bond motifs is 30. The third kappa shape index (κ3) is 13.2. The van der Waals surface area contributed by atoms with Crippen molar-refractivity contribution >= 4 is 174 Å². The number of pyridine rings is 3. The maximum absolute atomic E-state index is 5.44. The van der Waals surface area contributed by atoms with Crippen LogP contribution in [0.15, 0.2) is 497 Å². The molecular formula is C141H94N8. The summed E-state index contributed by atoms with van der Waals surface area (Å²) in [4.78, 5) is 15.9. The summed E-state index contributed by atoms with van der Waals surface area (Å²) < 4.78 is 12.1. The second kappa shape index (κ2) is 33.2. The average Bonchev–Trinajstić information content (AvgIpc) is 1.55. The Morgan fingerprint density at radius 2 is 0.403 bits per heavy atom. The highest BCUT2D eigenvalue weighted by atomic mass is 15.0. The topological polar surface area (TPSA) is 63.3 Å². The molecule has 0 amide bonds.